The second kappa shape index (κ2) is 6.68. The van der Waals surface area contributed by atoms with Gasteiger partial charge in [-0.2, -0.15) is 0 Å². The number of hydrogen-bond donors (Lipinski definition) is 0. The molecule has 2 rings (SSSR count). The first-order valence-electron chi connectivity index (χ1n) is 5.54. The van der Waals surface area contributed by atoms with Gasteiger partial charge in [-0.15, -0.1) is 0 Å². The molecule has 8 heteroatoms. The third-order valence-corrected chi connectivity index (χ3v) is 3.38. The average molecular weight is 417 g/mol. The molecule has 2 aromatic rings. The smallest absolute Gasteiger partial charge is 0.379 e. The van der Waals surface area contributed by atoms with Gasteiger partial charge < -0.3 is 9.15 Å². The molecule has 21 heavy (non-hydrogen) atoms. The molecule has 0 aliphatic heterocycles. The Morgan fingerprint density at radius 3 is 2.76 bits per heavy atom. The van der Waals surface area contributed by atoms with Crippen LogP contribution in [0.2, 0.25) is 0 Å². The number of carbonyl (C=O) groups excluding carboxylic acids is 1. The minimum absolute atomic E-state index is 0.0361. The number of esters is 1. The molecule has 0 bridgehead atoms. The summed E-state index contributed by atoms with van der Waals surface area (Å²) in [6, 6.07) is 6.27. The zero-order chi connectivity index (χ0) is 15.4. The summed E-state index contributed by atoms with van der Waals surface area (Å²) >= 11 is 6.52. The first-order chi connectivity index (χ1) is 9.97. The minimum atomic E-state index is -0.696. The van der Waals surface area contributed by atoms with Gasteiger partial charge in [-0.25, -0.2) is 4.79 Å². The fraction of sp³-hybridized carbons (Fsp3) is 0. The molecule has 6 nitrogen and oxygen atoms in total. The summed E-state index contributed by atoms with van der Waals surface area (Å²) in [5.41, 5.74) is 0.368. The molecule has 1 aromatic heterocycles. The topological polar surface area (TPSA) is 82.6 Å². The lowest BCUT2D eigenvalue weighted by atomic mass is 10.2. The zero-order valence-electron chi connectivity index (χ0n) is 10.3. The predicted molar refractivity (Wildman–Crippen MR) is 81.5 cm³/mol. The second-order valence-corrected chi connectivity index (χ2v) is 5.54. The molecule has 0 aliphatic rings. The van der Waals surface area contributed by atoms with E-state index in [9.17, 15) is 14.9 Å². The lowest BCUT2D eigenvalue weighted by Gasteiger charge is -2.09. The fourth-order valence-electron chi connectivity index (χ4n) is 1.49. The molecule has 0 radical (unpaired) electrons. The maximum absolute atomic E-state index is 11.9. The van der Waals surface area contributed by atoms with Crippen LogP contribution in [0.5, 0.6) is 5.75 Å². The third-order valence-electron chi connectivity index (χ3n) is 2.33. The van der Waals surface area contributed by atoms with E-state index in [1.807, 2.05) is 0 Å². The molecule has 1 heterocycles. The monoisotopic (exact) mass is 415 g/mol. The highest BCUT2D eigenvalue weighted by molar-refractivity contribution is 9.11. The third kappa shape index (κ3) is 4.02. The molecule has 0 amide bonds. The summed E-state index contributed by atoms with van der Waals surface area (Å²) in [5.74, 6) is -0.495. The highest BCUT2D eigenvalue weighted by Crippen LogP contribution is 2.34. The van der Waals surface area contributed by atoms with Crippen molar-refractivity contribution in [3.05, 3.63) is 67.1 Å². The Hall–Kier alpha value is -1.93. The number of nitrogens with zero attached hydrogens (tertiary/aromatic N) is 1. The average Bonchev–Trinajstić information content (AvgIpc) is 2.93. The Kier molecular flexibility index (Phi) is 4.92. The summed E-state index contributed by atoms with van der Waals surface area (Å²) in [7, 11) is 0. The Morgan fingerprint density at radius 2 is 2.14 bits per heavy atom. The number of benzene rings is 1. The van der Waals surface area contributed by atoms with Gasteiger partial charge in [-0.3, -0.25) is 10.1 Å². The SMILES string of the molecule is O=C(Oc1c(Br)cc(Br)cc1/C=C/[N+](=O)[O-])c1ccco1. The molecule has 108 valence electrons. The molecular weight excluding hydrogens is 410 g/mol. The van der Waals surface area contributed by atoms with Gasteiger partial charge in [0.1, 0.15) is 0 Å². The van der Waals surface area contributed by atoms with Crippen molar-refractivity contribution in [3.8, 4) is 5.75 Å². The number of furan rings is 1. The molecule has 1 aromatic carbocycles. The molecule has 0 aliphatic carbocycles. The van der Waals surface area contributed by atoms with Crippen molar-refractivity contribution in [2.45, 2.75) is 0 Å². The van der Waals surface area contributed by atoms with Gasteiger partial charge in [-0.1, -0.05) is 15.9 Å². The maximum atomic E-state index is 11.9. The van der Waals surface area contributed by atoms with Crippen LogP contribution in [-0.4, -0.2) is 10.9 Å². The predicted octanol–water partition coefficient (Wildman–Crippen LogP) is 4.27. The van der Waals surface area contributed by atoms with Crippen LogP contribution < -0.4 is 4.74 Å². The molecular formula is C13H7Br2NO5. The first kappa shape index (κ1) is 15.5. The molecule has 0 unspecified atom stereocenters. The largest absolute Gasteiger partial charge is 0.457 e. The van der Waals surface area contributed by atoms with Gasteiger partial charge in [0.05, 0.1) is 15.7 Å². The highest BCUT2D eigenvalue weighted by Gasteiger charge is 2.17. The van der Waals surface area contributed by atoms with Crippen LogP contribution in [0.3, 0.4) is 0 Å². The lowest BCUT2D eigenvalue weighted by molar-refractivity contribution is -0.400. The quantitative estimate of drug-likeness (QED) is 0.321. The number of rotatable bonds is 4. The van der Waals surface area contributed by atoms with E-state index in [2.05, 4.69) is 31.9 Å². The summed E-state index contributed by atoms with van der Waals surface area (Å²) < 4.78 is 11.3. The maximum Gasteiger partial charge on any atom is 0.379 e. The minimum Gasteiger partial charge on any atom is -0.457 e. The molecule has 0 fully saturated rings. The van der Waals surface area contributed by atoms with E-state index in [1.165, 1.54) is 18.4 Å². The van der Waals surface area contributed by atoms with Gasteiger partial charge in [0.2, 0.25) is 12.0 Å². The summed E-state index contributed by atoms with van der Waals surface area (Å²) in [5, 5.41) is 10.4. The van der Waals surface area contributed by atoms with Crippen LogP contribution in [0.4, 0.5) is 0 Å². The van der Waals surface area contributed by atoms with Gasteiger partial charge in [-0.05, 0) is 40.2 Å². The number of hydrogen-bond acceptors (Lipinski definition) is 5. The Labute approximate surface area is 135 Å². The summed E-state index contributed by atoms with van der Waals surface area (Å²) in [6.07, 6.45) is 3.35. The highest BCUT2D eigenvalue weighted by atomic mass is 79.9. The zero-order valence-corrected chi connectivity index (χ0v) is 13.5. The lowest BCUT2D eigenvalue weighted by Crippen LogP contribution is -2.08. The number of nitro groups is 1. The standard InChI is InChI=1S/C13H7Br2NO5/c14-9-6-8(3-4-16(18)19)12(10(15)7-9)21-13(17)11-2-1-5-20-11/h1-7H/b4-3+. The van der Waals surface area contributed by atoms with Crippen molar-refractivity contribution in [2.24, 2.45) is 0 Å². The Balaban J connectivity index is 2.37. The fourth-order valence-corrected chi connectivity index (χ4v) is 2.83. The number of ether oxygens (including phenoxy) is 1. The van der Waals surface area contributed by atoms with Crippen molar-refractivity contribution in [1.82, 2.24) is 0 Å². The van der Waals surface area contributed by atoms with Crippen LogP contribution in [-0.2, 0) is 0 Å². The van der Waals surface area contributed by atoms with Crippen LogP contribution in [0.1, 0.15) is 16.1 Å². The number of carbonyl (C=O) groups is 1. The van der Waals surface area contributed by atoms with Crippen LogP contribution in [0.15, 0.2) is 50.1 Å². The molecule has 0 saturated heterocycles. The summed E-state index contributed by atoms with van der Waals surface area (Å²) in [4.78, 5) is 21.7. The van der Waals surface area contributed by atoms with E-state index in [-0.39, 0.29) is 11.5 Å². The Bertz CT molecular complexity index is 710. The van der Waals surface area contributed by atoms with E-state index >= 15 is 0 Å². The van der Waals surface area contributed by atoms with Gasteiger partial charge in [0.15, 0.2) is 5.75 Å². The van der Waals surface area contributed by atoms with E-state index in [0.29, 0.717) is 14.5 Å². The Morgan fingerprint density at radius 1 is 1.38 bits per heavy atom. The molecule has 0 spiro atoms. The van der Waals surface area contributed by atoms with Gasteiger partial charge >= 0.3 is 5.97 Å². The van der Waals surface area contributed by atoms with Crippen LogP contribution >= 0.6 is 31.9 Å². The van der Waals surface area contributed by atoms with Crippen LogP contribution in [0, 0.1) is 10.1 Å². The second-order valence-electron chi connectivity index (χ2n) is 3.77. The van der Waals surface area contributed by atoms with Crippen molar-refractivity contribution in [2.75, 3.05) is 0 Å². The van der Waals surface area contributed by atoms with Crippen molar-refractivity contribution >= 4 is 43.9 Å². The summed E-state index contributed by atoms with van der Waals surface area (Å²) in [6.45, 7) is 0. The molecule has 0 atom stereocenters. The van der Waals surface area contributed by atoms with Crippen molar-refractivity contribution in [3.63, 3.8) is 0 Å². The molecule has 0 saturated carbocycles. The van der Waals surface area contributed by atoms with Crippen LogP contribution in [0.25, 0.3) is 6.08 Å². The van der Waals surface area contributed by atoms with E-state index in [1.54, 1.807) is 18.2 Å². The van der Waals surface area contributed by atoms with Crippen molar-refractivity contribution < 1.29 is 18.9 Å². The van der Waals surface area contributed by atoms with E-state index in [0.717, 1.165) is 6.20 Å². The van der Waals surface area contributed by atoms with Gasteiger partial charge in [0.25, 0.3) is 0 Å². The van der Waals surface area contributed by atoms with Gasteiger partial charge in [0, 0.05) is 16.1 Å². The first-order valence-corrected chi connectivity index (χ1v) is 7.12. The number of halogens is 2. The molecule has 0 N–H and O–H groups in total. The van der Waals surface area contributed by atoms with E-state index < -0.39 is 10.9 Å². The van der Waals surface area contributed by atoms with Crippen molar-refractivity contribution in [1.29, 1.82) is 0 Å². The normalized spacial score (nSPS) is 10.8. The van der Waals surface area contributed by atoms with E-state index in [4.69, 9.17) is 9.15 Å².